The topological polar surface area (TPSA) is 48.9 Å². The van der Waals surface area contributed by atoms with E-state index in [1.807, 2.05) is 44.2 Å². The molecule has 2 rings (SSSR count). The first-order chi connectivity index (χ1) is 7.66. The Kier molecular flexibility index (Phi) is 3.06. The Balaban J connectivity index is 2.14. The van der Waals surface area contributed by atoms with Crippen molar-refractivity contribution >= 4 is 0 Å². The Morgan fingerprint density at radius 1 is 1.25 bits per heavy atom. The quantitative estimate of drug-likeness (QED) is 0.827. The van der Waals surface area contributed by atoms with Crippen molar-refractivity contribution in [2.45, 2.75) is 26.4 Å². The van der Waals surface area contributed by atoms with Crippen molar-refractivity contribution in [3.63, 3.8) is 0 Å². The highest BCUT2D eigenvalue weighted by molar-refractivity contribution is 5.21. The third-order valence-electron chi connectivity index (χ3n) is 2.67. The molecule has 0 saturated carbocycles. The van der Waals surface area contributed by atoms with Crippen molar-refractivity contribution in [3.05, 3.63) is 53.1 Å². The number of nitrogens with zero attached hydrogens (tertiary/aromatic N) is 1. The lowest BCUT2D eigenvalue weighted by Gasteiger charge is -2.09. The van der Waals surface area contributed by atoms with E-state index in [-0.39, 0.29) is 0 Å². The Bertz CT molecular complexity index is 462. The number of imidazole rings is 1. The first kappa shape index (κ1) is 10.9. The molecule has 0 fully saturated rings. The van der Waals surface area contributed by atoms with Crippen LogP contribution in [0.4, 0.5) is 0 Å². The van der Waals surface area contributed by atoms with Crippen molar-refractivity contribution in [2.24, 2.45) is 0 Å². The summed E-state index contributed by atoms with van der Waals surface area (Å²) in [5.41, 5.74) is 2.91. The molecule has 0 aliphatic rings. The number of H-pyrrole nitrogens is 1. The van der Waals surface area contributed by atoms with Gasteiger partial charge >= 0.3 is 0 Å². The van der Waals surface area contributed by atoms with Gasteiger partial charge in [-0.05, 0) is 19.4 Å². The molecule has 2 aromatic rings. The molecule has 1 unspecified atom stereocenters. The van der Waals surface area contributed by atoms with Crippen LogP contribution in [0.2, 0.25) is 0 Å². The van der Waals surface area contributed by atoms with Crippen LogP contribution in [0.25, 0.3) is 0 Å². The molecule has 0 radical (unpaired) electrons. The van der Waals surface area contributed by atoms with E-state index in [1.165, 1.54) is 0 Å². The number of aromatic amines is 1. The van der Waals surface area contributed by atoms with E-state index in [4.69, 9.17) is 0 Å². The maximum Gasteiger partial charge on any atom is 0.103 e. The second kappa shape index (κ2) is 4.49. The van der Waals surface area contributed by atoms with Crippen LogP contribution in [0.5, 0.6) is 0 Å². The average molecular weight is 216 g/mol. The molecule has 16 heavy (non-hydrogen) atoms. The SMILES string of the molecule is Cc1nc(CC(O)c2ccccc2)c(C)[nH]1. The molecule has 0 amide bonds. The number of aliphatic hydroxyl groups excluding tert-OH is 1. The molecule has 2 N–H and O–H groups in total. The van der Waals surface area contributed by atoms with Crippen molar-refractivity contribution in [1.82, 2.24) is 9.97 Å². The van der Waals surface area contributed by atoms with Gasteiger partial charge in [0.15, 0.2) is 0 Å². The summed E-state index contributed by atoms with van der Waals surface area (Å²) < 4.78 is 0. The Labute approximate surface area is 95.2 Å². The van der Waals surface area contributed by atoms with Gasteiger partial charge in [-0.3, -0.25) is 0 Å². The van der Waals surface area contributed by atoms with Crippen LogP contribution in [0.15, 0.2) is 30.3 Å². The zero-order valence-corrected chi connectivity index (χ0v) is 9.57. The molecule has 3 heteroatoms. The average Bonchev–Trinajstić information content (AvgIpc) is 2.59. The summed E-state index contributed by atoms with van der Waals surface area (Å²) in [6, 6.07) is 9.67. The minimum absolute atomic E-state index is 0.484. The second-order valence-electron chi connectivity index (χ2n) is 4.02. The Morgan fingerprint density at radius 2 is 1.94 bits per heavy atom. The highest BCUT2D eigenvalue weighted by atomic mass is 16.3. The zero-order valence-electron chi connectivity index (χ0n) is 9.57. The normalized spacial score (nSPS) is 12.7. The zero-order chi connectivity index (χ0) is 11.5. The number of rotatable bonds is 3. The number of aryl methyl sites for hydroxylation is 2. The molecule has 0 spiro atoms. The predicted octanol–water partition coefficient (Wildman–Crippen LogP) is 2.30. The lowest BCUT2D eigenvalue weighted by molar-refractivity contribution is 0.177. The minimum Gasteiger partial charge on any atom is -0.388 e. The number of nitrogens with one attached hydrogen (secondary N) is 1. The summed E-state index contributed by atoms with van der Waals surface area (Å²) in [7, 11) is 0. The number of hydrogen-bond donors (Lipinski definition) is 2. The van der Waals surface area contributed by atoms with E-state index in [2.05, 4.69) is 9.97 Å². The summed E-state index contributed by atoms with van der Waals surface area (Å²) in [5.74, 6) is 0.896. The third-order valence-corrected chi connectivity index (χ3v) is 2.67. The fourth-order valence-electron chi connectivity index (χ4n) is 1.83. The van der Waals surface area contributed by atoms with Crippen molar-refractivity contribution in [1.29, 1.82) is 0 Å². The maximum absolute atomic E-state index is 10.1. The molecule has 1 aromatic heterocycles. The Hall–Kier alpha value is -1.61. The van der Waals surface area contributed by atoms with E-state index in [9.17, 15) is 5.11 Å². The molecule has 0 aliphatic carbocycles. The van der Waals surface area contributed by atoms with Gasteiger partial charge in [-0.1, -0.05) is 30.3 Å². The van der Waals surface area contributed by atoms with E-state index in [1.54, 1.807) is 0 Å². The van der Waals surface area contributed by atoms with Gasteiger partial charge in [0, 0.05) is 12.1 Å². The van der Waals surface area contributed by atoms with Crippen LogP contribution in [-0.4, -0.2) is 15.1 Å². The van der Waals surface area contributed by atoms with E-state index < -0.39 is 6.10 Å². The van der Waals surface area contributed by atoms with Gasteiger partial charge in [-0.15, -0.1) is 0 Å². The van der Waals surface area contributed by atoms with Crippen molar-refractivity contribution < 1.29 is 5.11 Å². The first-order valence-corrected chi connectivity index (χ1v) is 5.42. The molecule has 0 aliphatic heterocycles. The van der Waals surface area contributed by atoms with Crippen LogP contribution < -0.4 is 0 Å². The van der Waals surface area contributed by atoms with Gasteiger partial charge in [0.05, 0.1) is 11.8 Å². The molecular weight excluding hydrogens is 200 g/mol. The predicted molar refractivity (Wildman–Crippen MR) is 63.2 cm³/mol. The summed E-state index contributed by atoms with van der Waals surface area (Å²) >= 11 is 0. The fraction of sp³-hybridized carbons (Fsp3) is 0.308. The highest BCUT2D eigenvalue weighted by Gasteiger charge is 2.12. The van der Waals surface area contributed by atoms with Crippen LogP contribution in [0.3, 0.4) is 0 Å². The van der Waals surface area contributed by atoms with E-state index in [0.717, 1.165) is 22.8 Å². The largest absolute Gasteiger partial charge is 0.388 e. The van der Waals surface area contributed by atoms with Crippen LogP contribution >= 0.6 is 0 Å². The standard InChI is InChI=1S/C13H16N2O/c1-9-12(15-10(2)14-9)8-13(16)11-6-4-3-5-7-11/h3-7,13,16H,8H2,1-2H3,(H,14,15). The van der Waals surface area contributed by atoms with Gasteiger partial charge in [0.1, 0.15) is 5.82 Å². The van der Waals surface area contributed by atoms with Crippen molar-refractivity contribution in [3.8, 4) is 0 Å². The molecule has 1 atom stereocenters. The number of hydrogen-bond acceptors (Lipinski definition) is 2. The number of aromatic nitrogens is 2. The van der Waals surface area contributed by atoms with Crippen LogP contribution in [0.1, 0.15) is 28.9 Å². The Morgan fingerprint density at radius 3 is 2.50 bits per heavy atom. The molecule has 1 aromatic carbocycles. The summed E-state index contributed by atoms with van der Waals surface area (Å²) in [5, 5.41) is 10.1. The van der Waals surface area contributed by atoms with Crippen LogP contribution in [0, 0.1) is 13.8 Å². The third kappa shape index (κ3) is 2.31. The summed E-state index contributed by atoms with van der Waals surface area (Å²) in [4.78, 5) is 7.50. The maximum atomic E-state index is 10.1. The summed E-state index contributed by atoms with van der Waals surface area (Å²) in [6.07, 6.45) is 0.0720. The molecule has 3 nitrogen and oxygen atoms in total. The fourth-order valence-corrected chi connectivity index (χ4v) is 1.83. The van der Waals surface area contributed by atoms with Gasteiger partial charge in [-0.25, -0.2) is 4.98 Å². The molecular formula is C13H16N2O. The van der Waals surface area contributed by atoms with Gasteiger partial charge < -0.3 is 10.1 Å². The monoisotopic (exact) mass is 216 g/mol. The van der Waals surface area contributed by atoms with Gasteiger partial charge in [0.2, 0.25) is 0 Å². The molecule has 1 heterocycles. The van der Waals surface area contributed by atoms with Crippen molar-refractivity contribution in [2.75, 3.05) is 0 Å². The van der Waals surface area contributed by atoms with Gasteiger partial charge in [0.25, 0.3) is 0 Å². The first-order valence-electron chi connectivity index (χ1n) is 5.42. The number of aliphatic hydroxyl groups is 1. The molecule has 84 valence electrons. The van der Waals surface area contributed by atoms with E-state index in [0.29, 0.717) is 6.42 Å². The summed E-state index contributed by atoms with van der Waals surface area (Å²) in [6.45, 7) is 3.90. The smallest absolute Gasteiger partial charge is 0.103 e. The lowest BCUT2D eigenvalue weighted by atomic mass is 10.0. The van der Waals surface area contributed by atoms with Gasteiger partial charge in [-0.2, -0.15) is 0 Å². The molecule has 0 bridgehead atoms. The highest BCUT2D eigenvalue weighted by Crippen LogP contribution is 2.18. The van der Waals surface area contributed by atoms with Crippen LogP contribution in [-0.2, 0) is 6.42 Å². The lowest BCUT2D eigenvalue weighted by Crippen LogP contribution is -2.03. The molecule has 0 saturated heterocycles. The van der Waals surface area contributed by atoms with E-state index >= 15 is 0 Å². The minimum atomic E-state index is -0.484. The second-order valence-corrected chi connectivity index (χ2v) is 4.02. The number of benzene rings is 1.